The first-order chi connectivity index (χ1) is 37.4. The summed E-state index contributed by atoms with van der Waals surface area (Å²) < 4.78 is 30.7. The number of esters is 1. The molecule has 0 aliphatic heterocycles. The highest BCUT2D eigenvalue weighted by molar-refractivity contribution is 7.47. The maximum absolute atomic E-state index is 13.6. The number of carbonyl (C=O) groups is 2. The molecule has 0 bridgehead atoms. The van der Waals surface area contributed by atoms with Gasteiger partial charge in [-0.05, 0) is 96.0 Å². The number of ether oxygens (including phenoxy) is 1. The average Bonchev–Trinajstić information content (AvgIpc) is 3.39. The second kappa shape index (κ2) is 57.0. The van der Waals surface area contributed by atoms with Crippen LogP contribution in [0.1, 0.15) is 303 Å². The molecule has 0 aliphatic rings. The van der Waals surface area contributed by atoms with Crippen molar-refractivity contribution < 1.29 is 37.3 Å². The third-order valence-corrected chi connectivity index (χ3v) is 15.4. The van der Waals surface area contributed by atoms with Gasteiger partial charge < -0.3 is 19.4 Å². The fraction of sp³-hybridized carbons (Fsp3) is 0.821. The molecule has 0 fully saturated rings. The second-order valence-corrected chi connectivity index (χ2v) is 24.7. The summed E-state index contributed by atoms with van der Waals surface area (Å²) in [4.78, 5) is 37.7. The Bertz CT molecular complexity index is 1500. The van der Waals surface area contributed by atoms with E-state index in [1.165, 1.54) is 193 Å². The van der Waals surface area contributed by atoms with Crippen LogP contribution in [0.5, 0.6) is 0 Å². The van der Waals surface area contributed by atoms with Crippen LogP contribution >= 0.6 is 7.82 Å². The SMILES string of the molecule is CCCCC/C=C\C/C=C\C/C=C\CCCCCCCCCCCCCCC(=O)NC(COP(=O)(O)OCC[N+](C)(C)C)C(/C=C\CCCCCCCCCCC)OC(=O)CCCCCCCCC/C=C\CCCCCC. The normalized spacial score (nSPS) is 14.0. The molecule has 0 rings (SSSR count). The topological polar surface area (TPSA) is 111 Å². The number of phosphoric acid groups is 1. The lowest BCUT2D eigenvalue weighted by Crippen LogP contribution is -2.47. The van der Waals surface area contributed by atoms with Crippen molar-refractivity contribution in [2.75, 3.05) is 40.9 Å². The van der Waals surface area contributed by atoms with E-state index in [1.807, 2.05) is 33.3 Å². The molecule has 0 saturated heterocycles. The summed E-state index contributed by atoms with van der Waals surface area (Å²) in [6.07, 6.45) is 72.2. The van der Waals surface area contributed by atoms with Gasteiger partial charge in [-0.25, -0.2) is 4.57 Å². The number of hydrogen-bond acceptors (Lipinski definition) is 6. The van der Waals surface area contributed by atoms with Crippen LogP contribution in [0.2, 0.25) is 0 Å². The molecule has 2 N–H and O–H groups in total. The first-order valence-electron chi connectivity index (χ1n) is 32.6. The lowest BCUT2D eigenvalue weighted by molar-refractivity contribution is -0.870. The Morgan fingerprint density at radius 2 is 0.792 bits per heavy atom. The van der Waals surface area contributed by atoms with Gasteiger partial charge >= 0.3 is 13.8 Å². The van der Waals surface area contributed by atoms with Crippen LogP contribution in [0.3, 0.4) is 0 Å². The fourth-order valence-corrected chi connectivity index (χ4v) is 10.1. The van der Waals surface area contributed by atoms with E-state index < -0.39 is 20.0 Å². The van der Waals surface area contributed by atoms with Crippen LogP contribution in [0.4, 0.5) is 0 Å². The smallest absolute Gasteiger partial charge is 0.456 e. The number of carbonyl (C=O) groups excluding carboxylic acids is 2. The number of nitrogens with one attached hydrogen (secondary N) is 1. The third-order valence-electron chi connectivity index (χ3n) is 14.4. The van der Waals surface area contributed by atoms with Gasteiger partial charge in [0.2, 0.25) is 5.91 Å². The van der Waals surface area contributed by atoms with Gasteiger partial charge in [-0.1, -0.05) is 255 Å². The van der Waals surface area contributed by atoms with Crippen molar-refractivity contribution in [3.8, 4) is 0 Å². The van der Waals surface area contributed by atoms with Crippen molar-refractivity contribution >= 4 is 19.7 Å². The van der Waals surface area contributed by atoms with E-state index in [9.17, 15) is 19.0 Å². The monoisotopic (exact) mass is 1100 g/mol. The maximum atomic E-state index is 13.6. The van der Waals surface area contributed by atoms with Gasteiger partial charge in [0.05, 0.1) is 33.8 Å². The number of likely N-dealkylation sites (N-methyl/N-ethyl adjacent to an activating group) is 1. The molecule has 0 aliphatic carbocycles. The number of hydrogen-bond donors (Lipinski definition) is 2. The molecule has 3 atom stereocenters. The van der Waals surface area contributed by atoms with Gasteiger partial charge in [0.25, 0.3) is 0 Å². The molecule has 0 aromatic heterocycles. The molecule has 10 heteroatoms. The lowest BCUT2D eigenvalue weighted by atomic mass is 10.0. The minimum absolute atomic E-state index is 0.0388. The summed E-state index contributed by atoms with van der Waals surface area (Å²) >= 11 is 0. The largest absolute Gasteiger partial charge is 0.472 e. The van der Waals surface area contributed by atoms with E-state index in [0.717, 1.165) is 77.0 Å². The van der Waals surface area contributed by atoms with E-state index in [1.54, 1.807) is 0 Å². The summed E-state index contributed by atoms with van der Waals surface area (Å²) in [5.41, 5.74) is 0. The average molecular weight is 1100 g/mol. The number of unbranched alkanes of at least 4 members (excludes halogenated alkanes) is 35. The molecule has 9 nitrogen and oxygen atoms in total. The van der Waals surface area contributed by atoms with Crippen LogP contribution in [-0.4, -0.2) is 74.3 Å². The molecule has 0 heterocycles. The molecule has 3 unspecified atom stereocenters. The number of allylic oxidation sites excluding steroid dienone is 9. The lowest BCUT2D eigenvalue weighted by Gasteiger charge is -2.27. The van der Waals surface area contributed by atoms with Gasteiger partial charge in [-0.15, -0.1) is 0 Å². The van der Waals surface area contributed by atoms with E-state index >= 15 is 0 Å². The first-order valence-corrected chi connectivity index (χ1v) is 34.1. The van der Waals surface area contributed by atoms with Gasteiger partial charge in [-0.2, -0.15) is 0 Å². The van der Waals surface area contributed by atoms with Crippen molar-refractivity contribution in [2.45, 2.75) is 315 Å². The quantitative estimate of drug-likeness (QED) is 0.0205. The van der Waals surface area contributed by atoms with Crippen molar-refractivity contribution in [3.63, 3.8) is 0 Å². The highest BCUT2D eigenvalue weighted by Crippen LogP contribution is 2.43. The summed E-state index contributed by atoms with van der Waals surface area (Å²) in [6.45, 7) is 6.98. The van der Waals surface area contributed by atoms with Gasteiger partial charge in [0.1, 0.15) is 19.3 Å². The predicted octanol–water partition coefficient (Wildman–Crippen LogP) is 20.2. The number of rotatable bonds is 59. The molecule has 0 aromatic carbocycles. The Kier molecular flexibility index (Phi) is 55.3. The Morgan fingerprint density at radius 3 is 1.23 bits per heavy atom. The zero-order valence-corrected chi connectivity index (χ0v) is 52.3. The molecule has 0 radical (unpaired) electrons. The molecule has 450 valence electrons. The highest BCUT2D eigenvalue weighted by Gasteiger charge is 2.30. The van der Waals surface area contributed by atoms with Gasteiger partial charge in [0.15, 0.2) is 0 Å². The minimum atomic E-state index is -4.45. The van der Waals surface area contributed by atoms with Crippen LogP contribution in [0, 0.1) is 0 Å². The summed E-state index contributed by atoms with van der Waals surface area (Å²) in [5, 5.41) is 3.06. The molecule has 0 saturated carbocycles. The van der Waals surface area contributed by atoms with E-state index in [2.05, 4.69) is 74.7 Å². The van der Waals surface area contributed by atoms with E-state index in [0.29, 0.717) is 17.4 Å². The Labute approximate surface area is 477 Å². The minimum Gasteiger partial charge on any atom is -0.456 e. The molecule has 1 amide bonds. The van der Waals surface area contributed by atoms with Crippen molar-refractivity contribution in [2.24, 2.45) is 0 Å². The Morgan fingerprint density at radius 1 is 0.455 bits per heavy atom. The summed E-state index contributed by atoms with van der Waals surface area (Å²) in [6, 6.07) is -0.851. The molecular formula is C67H126N2O7P+. The van der Waals surface area contributed by atoms with E-state index in [-0.39, 0.29) is 31.5 Å². The first kappa shape index (κ1) is 74.7. The number of nitrogens with zero attached hydrogens (tertiary/aromatic N) is 1. The number of phosphoric ester groups is 1. The Hall–Kier alpha value is -2.29. The van der Waals surface area contributed by atoms with E-state index in [4.69, 9.17) is 13.8 Å². The molecule has 77 heavy (non-hydrogen) atoms. The van der Waals surface area contributed by atoms with Crippen LogP contribution in [0.25, 0.3) is 0 Å². The fourth-order valence-electron chi connectivity index (χ4n) is 9.35. The molecular weight excluding hydrogens is 976 g/mol. The van der Waals surface area contributed by atoms with Crippen molar-refractivity contribution in [1.82, 2.24) is 5.32 Å². The number of amides is 1. The Balaban J connectivity index is 5.07. The maximum Gasteiger partial charge on any atom is 0.472 e. The van der Waals surface area contributed by atoms with Crippen LogP contribution in [-0.2, 0) is 27.9 Å². The molecule has 0 aromatic rings. The summed E-state index contributed by atoms with van der Waals surface area (Å²) in [7, 11) is 1.50. The van der Waals surface area contributed by atoms with Crippen molar-refractivity contribution in [1.29, 1.82) is 0 Å². The predicted molar refractivity (Wildman–Crippen MR) is 332 cm³/mol. The standard InChI is InChI=1S/C67H125N2O7P/c1-7-10-13-16-19-22-25-27-29-30-31-32-33-34-35-36-37-38-40-41-44-47-50-53-56-59-66(70)68-64(63-75-77(72,73)74-62-61-69(4,5)6)65(58-55-52-49-46-43-24-21-18-15-12-9-3)76-67(71)60-57-54-51-48-45-42-39-28-26-23-20-17-14-11-8-2/h19,22-23,26-27,29,31-32,55,58,64-65H,7-18,20-21,24-25,28,30,33-54,56-57,59-63H2,1-6H3,(H-,68,70,72,73)/p+1/b22-19-,26-23-,29-27-,32-31-,58-55-. The van der Waals surface area contributed by atoms with Crippen LogP contribution < -0.4 is 5.32 Å². The highest BCUT2D eigenvalue weighted by atomic mass is 31.2. The van der Waals surface area contributed by atoms with Crippen molar-refractivity contribution in [3.05, 3.63) is 60.8 Å². The second-order valence-electron chi connectivity index (χ2n) is 23.3. The zero-order chi connectivity index (χ0) is 56.4. The van der Waals surface area contributed by atoms with Crippen LogP contribution in [0.15, 0.2) is 60.8 Å². The third kappa shape index (κ3) is 58.2. The molecule has 0 spiro atoms. The summed E-state index contributed by atoms with van der Waals surface area (Å²) in [5.74, 6) is -0.506. The van der Waals surface area contributed by atoms with Gasteiger partial charge in [-0.3, -0.25) is 18.6 Å². The number of quaternary nitrogens is 1. The van der Waals surface area contributed by atoms with Gasteiger partial charge in [0, 0.05) is 12.8 Å². The zero-order valence-electron chi connectivity index (χ0n) is 51.5.